The smallest absolute Gasteiger partial charge is 0.0654 e. The fourth-order valence-corrected chi connectivity index (χ4v) is 15.7. The van der Waals surface area contributed by atoms with Gasteiger partial charge >= 0.3 is 169 Å². The van der Waals surface area contributed by atoms with Gasteiger partial charge in [0, 0.05) is 36.0 Å². The first-order valence-electron chi connectivity index (χ1n) is 41.9. The molecular weight excluding hydrogens is 1320 g/mol. The van der Waals surface area contributed by atoms with Crippen LogP contribution in [0.4, 0.5) is 0 Å². The molecule has 2 aromatic rings. The molecule has 1 aliphatic heterocycles. The van der Waals surface area contributed by atoms with E-state index in [1.54, 1.807) is 28.0 Å². The van der Waals surface area contributed by atoms with Crippen LogP contribution in [0, 0.1) is 11.8 Å². The Bertz CT molecular complexity index is 2300. The van der Waals surface area contributed by atoms with Crippen LogP contribution in [0.2, 0.25) is 9.79 Å². The summed E-state index contributed by atoms with van der Waals surface area (Å²) in [6, 6.07) is 14.6. The second-order valence-electron chi connectivity index (χ2n) is 29.5. The monoisotopic (exact) mass is 1470 g/mol. The first kappa shape index (κ1) is 92.5. The van der Waals surface area contributed by atoms with Gasteiger partial charge in [-0.05, 0) is 54.7 Å². The zero-order valence-electron chi connectivity index (χ0n) is 64.3. The number of hydrogen-bond acceptors (Lipinski definition) is 8. The number of benzene rings is 2. The summed E-state index contributed by atoms with van der Waals surface area (Å²) in [6.07, 6.45) is 65.2. The van der Waals surface area contributed by atoms with Crippen LogP contribution >= 0.6 is 0 Å². The van der Waals surface area contributed by atoms with E-state index in [2.05, 4.69) is 39.5 Å². The molecule has 6 atom stereocenters. The Labute approximate surface area is 617 Å². The first-order valence-corrected chi connectivity index (χ1v) is 44.1. The summed E-state index contributed by atoms with van der Waals surface area (Å²) in [5.74, 6) is 6.89. The minimum absolute atomic E-state index is 0.00278. The van der Waals surface area contributed by atoms with E-state index < -0.39 is 49.8 Å². The van der Waals surface area contributed by atoms with Gasteiger partial charge in [0.05, 0.1) is 25.4 Å². The van der Waals surface area contributed by atoms with Crippen molar-refractivity contribution in [2.75, 3.05) is 13.2 Å². The van der Waals surface area contributed by atoms with Crippen LogP contribution in [0.15, 0.2) is 59.7 Å². The van der Waals surface area contributed by atoms with Crippen molar-refractivity contribution >= 4 is 11.4 Å². The zero-order valence-corrected chi connectivity index (χ0v) is 65.9. The van der Waals surface area contributed by atoms with Crippen molar-refractivity contribution in [3.8, 4) is 11.8 Å². The molecule has 8 N–H and O–H groups in total. The van der Waals surface area contributed by atoms with Crippen LogP contribution in [0.25, 0.3) is 16.9 Å². The predicted molar refractivity (Wildman–Crippen MR) is 417 cm³/mol. The van der Waals surface area contributed by atoms with Gasteiger partial charge in [0.2, 0.25) is 11.4 Å². The van der Waals surface area contributed by atoms with Crippen molar-refractivity contribution in [1.82, 2.24) is 0 Å². The summed E-state index contributed by atoms with van der Waals surface area (Å²) >= 11 is 1.06. The number of hydrogen-bond donors (Lipinski definition) is 8. The van der Waals surface area contributed by atoms with Crippen LogP contribution in [0.5, 0.6) is 0 Å². The molecular formula is C88H154N2O8Pd. The van der Waals surface area contributed by atoms with Crippen molar-refractivity contribution in [2.45, 2.75) is 434 Å². The predicted octanol–water partition coefficient (Wildman–Crippen LogP) is 23.1. The van der Waals surface area contributed by atoms with Gasteiger partial charge in [-0.2, -0.15) is 0 Å². The van der Waals surface area contributed by atoms with E-state index in [4.69, 9.17) is 0 Å². The maximum absolute atomic E-state index is 12.2. The van der Waals surface area contributed by atoms with Crippen molar-refractivity contribution in [3.05, 3.63) is 87.5 Å². The van der Waals surface area contributed by atoms with E-state index in [1.165, 1.54) is 308 Å². The summed E-state index contributed by atoms with van der Waals surface area (Å²) in [4.78, 5) is 3.09. The van der Waals surface area contributed by atoms with Crippen molar-refractivity contribution in [1.29, 1.82) is 0 Å². The molecule has 10 nitrogen and oxygen atoms in total. The molecule has 99 heavy (non-hydrogen) atoms. The van der Waals surface area contributed by atoms with E-state index in [-0.39, 0.29) is 12.8 Å². The topological polar surface area (TPSA) is 187 Å². The summed E-state index contributed by atoms with van der Waals surface area (Å²) < 4.78 is 1.16. The SMILES string of the molecule is CCCCCCCCCCCCCCCCCCCCCCCCCCC#CC1=C(c2cccc(CC(O)C(O)C(O)CO)c2)[N+](=[N-])C(c2cccc(CC(O)C(O)C(O)CO)c2)=C1CCCC.CCCCCCCCCCCCCC[CH2][Pd][CH2]CCCCCCCCCCCCCC. The summed E-state index contributed by atoms with van der Waals surface area (Å²) in [5.41, 5.74) is 17.4. The van der Waals surface area contributed by atoms with Gasteiger partial charge < -0.3 is 46.4 Å². The molecule has 0 aromatic heterocycles. The Morgan fingerprint density at radius 3 is 0.939 bits per heavy atom. The molecule has 0 amide bonds. The Hall–Kier alpha value is -2.58. The third-order valence-electron chi connectivity index (χ3n) is 20.3. The van der Waals surface area contributed by atoms with Gasteiger partial charge in [-0.1, -0.05) is 244 Å². The van der Waals surface area contributed by atoms with Gasteiger partial charge in [0.15, 0.2) is 0 Å². The molecule has 0 aliphatic carbocycles. The number of allylic oxidation sites excluding steroid dienone is 2. The first-order chi connectivity index (χ1) is 48.5. The van der Waals surface area contributed by atoms with Crippen molar-refractivity contribution in [3.63, 3.8) is 0 Å². The fourth-order valence-electron chi connectivity index (χ4n) is 13.8. The van der Waals surface area contributed by atoms with Crippen molar-refractivity contribution < 1.29 is 63.5 Å². The Balaban J connectivity index is 0.000000900. The van der Waals surface area contributed by atoms with E-state index in [0.717, 1.165) is 53.9 Å². The number of aliphatic hydroxyl groups excluding tert-OH is 8. The maximum atomic E-state index is 12.2. The molecule has 2 aromatic carbocycles. The summed E-state index contributed by atoms with van der Waals surface area (Å²) in [7, 11) is 0. The van der Waals surface area contributed by atoms with Crippen molar-refractivity contribution in [2.24, 2.45) is 0 Å². The zero-order chi connectivity index (χ0) is 71.9. The molecule has 0 radical (unpaired) electrons. The van der Waals surface area contributed by atoms with Gasteiger partial charge in [0.1, 0.15) is 30.0 Å². The third kappa shape index (κ3) is 46.8. The Morgan fingerprint density at radius 2 is 0.636 bits per heavy atom. The Morgan fingerprint density at radius 1 is 0.354 bits per heavy atom. The fraction of sp³-hybridized carbons (Fsp3) is 0.795. The molecule has 3 rings (SSSR count). The van der Waals surface area contributed by atoms with E-state index in [9.17, 15) is 46.4 Å². The molecule has 0 bridgehead atoms. The van der Waals surface area contributed by atoms with E-state index in [1.807, 2.05) is 30.3 Å². The quantitative estimate of drug-likeness (QED) is 0.0139. The molecule has 1 aliphatic rings. The summed E-state index contributed by atoms with van der Waals surface area (Å²) in [6.45, 7) is 7.63. The number of aliphatic hydroxyl groups is 8. The Kier molecular flexibility index (Phi) is 61.8. The number of nitrogens with zero attached hydrogens (tertiary/aromatic N) is 2. The van der Waals surface area contributed by atoms with Gasteiger partial charge in [-0.25, -0.2) is 4.70 Å². The van der Waals surface area contributed by atoms with Gasteiger partial charge in [0.25, 0.3) is 0 Å². The van der Waals surface area contributed by atoms with Crippen LogP contribution in [0.1, 0.15) is 397 Å². The number of rotatable bonds is 67. The minimum atomic E-state index is -1.55. The van der Waals surface area contributed by atoms with Gasteiger partial charge in [-0.15, -0.1) is 0 Å². The average molecular weight is 1470 g/mol. The summed E-state index contributed by atoms with van der Waals surface area (Å²) in [5, 5.41) is 80.6. The van der Waals surface area contributed by atoms with Gasteiger partial charge in [-0.3, -0.25) is 0 Å². The molecule has 0 saturated carbocycles. The molecule has 6 unspecified atom stereocenters. The van der Waals surface area contributed by atoms with E-state index in [0.29, 0.717) is 52.1 Å². The normalized spacial score (nSPS) is 14.4. The third-order valence-corrected chi connectivity index (χ3v) is 22.5. The molecule has 574 valence electrons. The second-order valence-corrected chi connectivity index (χ2v) is 31.9. The molecule has 0 saturated heterocycles. The minimum Gasteiger partial charge on any atom is -0.0654 e. The van der Waals surface area contributed by atoms with E-state index >= 15 is 0 Å². The molecule has 0 fully saturated rings. The average Bonchev–Trinajstić information content (AvgIpc) is 1.61. The van der Waals surface area contributed by atoms with Crippen LogP contribution in [-0.4, -0.2) is 95.4 Å². The van der Waals surface area contributed by atoms with Crippen LogP contribution < -0.4 is 0 Å². The number of unbranched alkanes of at least 4 members (excludes halogenated alkanes) is 49. The molecule has 11 heteroatoms. The standard InChI is InChI=1S/C58H92N2O8.2C15H31.Pd/c1-3-5-7-8-9-10-11-12-13-14-15-16-17-18-19-20-21-22-23-24-25-26-27-28-29-30-38-50-49(37-6-4-2)55(47-35-31-33-45(39-47)41-51(63)57(67)53(65)43-61)60(59)56(50)48-36-32-34-46(40-48)42-52(64)58(68)54(66)44-62;2*1-3-5-7-9-11-13-15-14-12-10-8-6-4-2;/h31-36,39-40,51-54,57-58,61-68H,3-29,37,41-44H2,1-2H3;2*1,3-15H2,2H3;. The molecule has 1 heterocycles. The van der Waals surface area contributed by atoms with Crippen LogP contribution in [0.3, 0.4) is 0 Å². The molecule has 0 spiro atoms. The van der Waals surface area contributed by atoms with Crippen LogP contribution in [-0.2, 0) is 30.8 Å². The second kappa shape index (κ2) is 66.1.